The predicted molar refractivity (Wildman–Crippen MR) is 379 cm³/mol. The average molecular weight is 1230 g/mol. The molecule has 0 radical (unpaired) electrons. The first kappa shape index (κ1) is 82.9. The molecule has 0 bridgehead atoms. The van der Waals surface area contributed by atoms with Crippen molar-refractivity contribution in [1.29, 1.82) is 0 Å². The number of hydrogen-bond donors (Lipinski definition) is 0. The van der Waals surface area contributed by atoms with E-state index in [9.17, 15) is 19.5 Å². The number of hydrogen-bond acceptors (Lipinski definition) is 8. The van der Waals surface area contributed by atoms with Gasteiger partial charge in [0.25, 0.3) is 0 Å². The number of aliphatic carboxylic acids is 1. The molecule has 0 aliphatic rings. The van der Waals surface area contributed by atoms with Crippen LogP contribution in [0.4, 0.5) is 0 Å². The second kappa shape index (κ2) is 67.8. The highest BCUT2D eigenvalue weighted by Gasteiger charge is 2.22. The molecule has 0 aromatic heterocycles. The number of allylic oxidation sites excluding steroid dienone is 34. The molecule has 9 nitrogen and oxygen atoms in total. The molecule has 0 aliphatic carbocycles. The van der Waals surface area contributed by atoms with Crippen molar-refractivity contribution in [3.8, 4) is 0 Å². The van der Waals surface area contributed by atoms with Crippen LogP contribution in [0.3, 0.4) is 0 Å². The second-order valence-electron chi connectivity index (χ2n) is 23.0. The summed E-state index contributed by atoms with van der Waals surface area (Å²) < 4.78 is 22.7. The number of carboxylic acids is 1. The van der Waals surface area contributed by atoms with E-state index in [4.69, 9.17) is 18.9 Å². The van der Waals surface area contributed by atoms with Gasteiger partial charge < -0.3 is 33.3 Å². The molecule has 0 fully saturated rings. The van der Waals surface area contributed by atoms with E-state index in [0.29, 0.717) is 30.3 Å². The number of quaternary nitrogens is 1. The summed E-state index contributed by atoms with van der Waals surface area (Å²) in [7, 11) is 5.89. The van der Waals surface area contributed by atoms with Gasteiger partial charge in [0.05, 0.1) is 40.3 Å². The van der Waals surface area contributed by atoms with E-state index < -0.39 is 24.3 Å². The highest BCUT2D eigenvalue weighted by atomic mass is 16.7. The van der Waals surface area contributed by atoms with Gasteiger partial charge in [0.15, 0.2) is 12.4 Å². The SMILES string of the molecule is CC/C=C\C/C=C\C/C=C\C/C=C\C/C=C\C/C=C\C/C=C\C/C=C\C/C=C\CCCC(=O)OC(COC(=O)CCCCCCCCCCCC/C=C\C/C=C\C/C=C\C/C=C\C/C=C\C/C=C\C/C=C\C/C=C\CC)COC(OCC[N+](C)(C)C)C(=O)[O-]. The van der Waals surface area contributed by atoms with Crippen LogP contribution in [0, 0.1) is 0 Å². The van der Waals surface area contributed by atoms with Crippen molar-refractivity contribution in [3.05, 3.63) is 207 Å². The Morgan fingerprint density at radius 3 is 0.933 bits per heavy atom. The highest BCUT2D eigenvalue weighted by molar-refractivity contribution is 5.70. The van der Waals surface area contributed by atoms with Gasteiger partial charge in [0.2, 0.25) is 0 Å². The minimum atomic E-state index is -1.65. The molecule has 0 amide bonds. The van der Waals surface area contributed by atoms with E-state index in [1.165, 1.54) is 38.5 Å². The first-order valence-corrected chi connectivity index (χ1v) is 34.2. The number of rotatable bonds is 60. The minimum absolute atomic E-state index is 0.124. The van der Waals surface area contributed by atoms with Crippen LogP contribution in [0.1, 0.15) is 219 Å². The van der Waals surface area contributed by atoms with Crippen LogP contribution in [0.25, 0.3) is 0 Å². The van der Waals surface area contributed by atoms with Crippen molar-refractivity contribution in [2.75, 3.05) is 47.5 Å². The van der Waals surface area contributed by atoms with E-state index in [1.807, 2.05) is 27.2 Å². The molecule has 496 valence electrons. The fraction of sp³-hybridized carbons (Fsp3) is 0.537. The lowest BCUT2D eigenvalue weighted by atomic mass is 10.1. The Balaban J connectivity index is 4.31. The van der Waals surface area contributed by atoms with Crippen LogP contribution in [-0.4, -0.2) is 82.3 Å². The van der Waals surface area contributed by atoms with Crippen LogP contribution in [0.2, 0.25) is 0 Å². The number of carboxylic acid groups (broad SMARTS) is 1. The van der Waals surface area contributed by atoms with Crippen LogP contribution in [-0.2, 0) is 33.3 Å². The first-order valence-electron chi connectivity index (χ1n) is 34.2. The zero-order valence-electron chi connectivity index (χ0n) is 56.5. The molecular formula is C80H123NO8. The summed E-state index contributed by atoms with van der Waals surface area (Å²) >= 11 is 0. The van der Waals surface area contributed by atoms with Crippen LogP contribution < -0.4 is 5.11 Å². The highest BCUT2D eigenvalue weighted by Crippen LogP contribution is 2.14. The number of esters is 2. The van der Waals surface area contributed by atoms with E-state index in [-0.39, 0.29) is 38.6 Å². The third-order valence-electron chi connectivity index (χ3n) is 13.5. The largest absolute Gasteiger partial charge is 0.545 e. The van der Waals surface area contributed by atoms with Crippen LogP contribution >= 0.6 is 0 Å². The summed E-state index contributed by atoms with van der Waals surface area (Å²) in [5.41, 5.74) is 0. The number of carbonyl (C=O) groups excluding carboxylic acids is 3. The van der Waals surface area contributed by atoms with Gasteiger partial charge in [-0.2, -0.15) is 0 Å². The molecule has 0 N–H and O–H groups in total. The topological polar surface area (TPSA) is 111 Å². The normalized spacial score (nSPS) is 14.0. The minimum Gasteiger partial charge on any atom is -0.545 e. The van der Waals surface area contributed by atoms with Gasteiger partial charge in [-0.3, -0.25) is 9.59 Å². The van der Waals surface area contributed by atoms with Crippen LogP contribution in [0.15, 0.2) is 207 Å². The van der Waals surface area contributed by atoms with E-state index in [0.717, 1.165) is 135 Å². The van der Waals surface area contributed by atoms with E-state index in [2.05, 4.69) is 214 Å². The van der Waals surface area contributed by atoms with Gasteiger partial charge >= 0.3 is 11.9 Å². The molecule has 9 heteroatoms. The summed E-state index contributed by atoms with van der Waals surface area (Å²) in [4.78, 5) is 37.4. The monoisotopic (exact) mass is 1230 g/mol. The maximum atomic E-state index is 12.9. The Hall–Kier alpha value is -6.13. The Morgan fingerprint density at radius 1 is 0.337 bits per heavy atom. The fourth-order valence-electron chi connectivity index (χ4n) is 8.38. The lowest BCUT2D eigenvalue weighted by molar-refractivity contribution is -0.870. The predicted octanol–water partition coefficient (Wildman–Crippen LogP) is 20.2. The van der Waals surface area contributed by atoms with Crippen molar-refractivity contribution in [2.45, 2.75) is 232 Å². The first-order chi connectivity index (χ1) is 43.6. The summed E-state index contributed by atoms with van der Waals surface area (Å²) in [6.07, 6.45) is 103. The van der Waals surface area contributed by atoms with Crippen molar-refractivity contribution in [1.82, 2.24) is 0 Å². The van der Waals surface area contributed by atoms with E-state index in [1.54, 1.807) is 0 Å². The molecule has 0 rings (SSSR count). The van der Waals surface area contributed by atoms with Gasteiger partial charge in [-0.1, -0.05) is 272 Å². The molecule has 0 aromatic carbocycles. The zero-order chi connectivity index (χ0) is 64.7. The standard InChI is InChI=1S/C80H123NO8/c1-6-8-10-12-14-16-18-20-22-24-26-28-30-32-34-36-37-38-39-40-41-43-44-46-48-50-52-54-56-58-60-62-64-66-68-70-77(82)87-74-76(75-88-80(79(84)85)86-73-72-81(3,4)5)89-78(83)71-69-67-65-63-61-59-57-55-53-51-49-47-45-42-35-33-31-29-27-25-23-21-19-17-15-13-11-9-7-2/h8-11,14-17,20-23,26-29,32-35,37-38,40-41,44-47,51,53,57,59,63,65,76,80H,6-7,12-13,18-19,24-25,30-31,36,39,42-43,48-50,52,54-56,58,60-62,64,66-75H2,1-5H3/b10-8-,11-9-,16-14-,17-15-,22-20-,23-21-,28-26-,29-27-,34-32-,35-33-,38-37-,41-40-,46-44-,47-45-,53-51-,59-57-,65-63-. The molecule has 0 spiro atoms. The van der Waals surface area contributed by atoms with Gasteiger partial charge in [-0.25, -0.2) is 0 Å². The van der Waals surface area contributed by atoms with Crippen molar-refractivity contribution in [3.63, 3.8) is 0 Å². The fourth-order valence-corrected chi connectivity index (χ4v) is 8.38. The number of nitrogens with zero attached hydrogens (tertiary/aromatic N) is 1. The Morgan fingerprint density at radius 2 is 0.618 bits per heavy atom. The summed E-state index contributed by atoms with van der Waals surface area (Å²) in [6, 6.07) is 0. The average Bonchev–Trinajstić information content (AvgIpc) is 3.71. The van der Waals surface area contributed by atoms with Crippen molar-refractivity contribution in [2.24, 2.45) is 0 Å². The Labute approximate surface area is 544 Å². The van der Waals surface area contributed by atoms with Crippen molar-refractivity contribution >= 4 is 17.9 Å². The molecule has 89 heavy (non-hydrogen) atoms. The van der Waals surface area contributed by atoms with E-state index >= 15 is 0 Å². The van der Waals surface area contributed by atoms with Crippen LogP contribution in [0.5, 0.6) is 0 Å². The molecule has 2 atom stereocenters. The molecule has 2 unspecified atom stereocenters. The molecular weight excluding hydrogens is 1100 g/mol. The maximum Gasteiger partial charge on any atom is 0.306 e. The number of likely N-dealkylation sites (N-methyl/N-ethyl adjacent to an activating group) is 1. The number of unbranched alkanes of at least 4 members (excludes halogenated alkanes) is 11. The third kappa shape index (κ3) is 69.2. The molecule has 0 heterocycles. The maximum absolute atomic E-state index is 12.9. The Kier molecular flexibility index (Phi) is 63.1. The van der Waals surface area contributed by atoms with Gasteiger partial charge in [0, 0.05) is 12.8 Å². The molecule has 0 aromatic rings. The molecule has 0 saturated heterocycles. The second-order valence-corrected chi connectivity index (χ2v) is 23.0. The zero-order valence-corrected chi connectivity index (χ0v) is 56.5. The summed E-state index contributed by atoms with van der Waals surface area (Å²) in [5, 5.41) is 11.8. The molecule has 0 aliphatic heterocycles. The molecule has 0 saturated carbocycles. The smallest absolute Gasteiger partial charge is 0.306 e. The number of ether oxygens (including phenoxy) is 4. The van der Waals surface area contributed by atoms with Gasteiger partial charge in [-0.15, -0.1) is 0 Å². The summed E-state index contributed by atoms with van der Waals surface area (Å²) in [6.45, 7) is 4.42. The Bertz CT molecular complexity index is 2210. The summed E-state index contributed by atoms with van der Waals surface area (Å²) in [5.74, 6) is -2.40. The lowest BCUT2D eigenvalue weighted by Crippen LogP contribution is -2.44. The quantitative estimate of drug-likeness (QED) is 0.0195. The van der Waals surface area contributed by atoms with Gasteiger partial charge in [0.1, 0.15) is 13.2 Å². The van der Waals surface area contributed by atoms with Crippen molar-refractivity contribution < 1.29 is 42.9 Å². The third-order valence-corrected chi connectivity index (χ3v) is 13.5. The van der Waals surface area contributed by atoms with Gasteiger partial charge in [-0.05, 0) is 141 Å². The number of carbonyl (C=O) groups is 3. The lowest BCUT2D eigenvalue weighted by Gasteiger charge is -2.26.